The summed E-state index contributed by atoms with van der Waals surface area (Å²) >= 11 is 0. The molecular formula is C9H15NO2. The predicted molar refractivity (Wildman–Crippen MR) is 45.6 cm³/mol. The van der Waals surface area contributed by atoms with Crippen molar-refractivity contribution in [1.82, 2.24) is 5.32 Å². The molecule has 0 radical (unpaired) electrons. The smallest absolute Gasteiger partial charge is 0.207 e. The van der Waals surface area contributed by atoms with E-state index in [4.69, 9.17) is 0 Å². The van der Waals surface area contributed by atoms with Crippen LogP contribution in [0.5, 0.6) is 0 Å². The predicted octanol–water partition coefficient (Wildman–Crippen LogP) is 0.880. The first kappa shape index (κ1) is 9.23. The van der Waals surface area contributed by atoms with E-state index < -0.39 is 0 Å². The molecule has 68 valence electrons. The summed E-state index contributed by atoms with van der Waals surface area (Å²) < 4.78 is 0. The van der Waals surface area contributed by atoms with Gasteiger partial charge < -0.3 is 10.1 Å². The molecule has 1 rings (SSSR count). The summed E-state index contributed by atoms with van der Waals surface area (Å²) in [4.78, 5) is 20.7. The van der Waals surface area contributed by atoms with Gasteiger partial charge in [-0.1, -0.05) is 19.3 Å². The lowest BCUT2D eigenvalue weighted by Gasteiger charge is -2.25. The Morgan fingerprint density at radius 2 is 1.83 bits per heavy atom. The maximum Gasteiger partial charge on any atom is 0.207 e. The first-order valence-corrected chi connectivity index (χ1v) is 4.53. The average molecular weight is 169 g/mol. The molecule has 12 heavy (non-hydrogen) atoms. The van der Waals surface area contributed by atoms with E-state index >= 15 is 0 Å². The minimum atomic E-state index is -0.247. The van der Waals surface area contributed by atoms with E-state index in [1.807, 2.05) is 0 Å². The molecule has 0 aromatic heterocycles. The largest absolute Gasteiger partial charge is 0.349 e. The minimum absolute atomic E-state index is 0.247. The summed E-state index contributed by atoms with van der Waals surface area (Å²) in [6.45, 7) is 0. The van der Waals surface area contributed by atoms with E-state index in [9.17, 15) is 9.59 Å². The third-order valence-electron chi connectivity index (χ3n) is 2.56. The van der Waals surface area contributed by atoms with Crippen molar-refractivity contribution in [2.75, 3.05) is 0 Å². The molecule has 3 heteroatoms. The van der Waals surface area contributed by atoms with E-state index in [1.165, 1.54) is 19.3 Å². The summed E-state index contributed by atoms with van der Waals surface area (Å²) in [7, 11) is 0. The lowest BCUT2D eigenvalue weighted by molar-refractivity contribution is -0.116. The van der Waals surface area contributed by atoms with Crippen molar-refractivity contribution in [3.8, 4) is 0 Å². The molecule has 1 atom stereocenters. The zero-order valence-electron chi connectivity index (χ0n) is 7.16. The molecule has 1 saturated carbocycles. The highest BCUT2D eigenvalue weighted by Crippen LogP contribution is 2.25. The van der Waals surface area contributed by atoms with E-state index in [-0.39, 0.29) is 6.04 Å². The SMILES string of the molecule is O=CNC(C=O)C1CCCCC1. The topological polar surface area (TPSA) is 46.2 Å². The van der Waals surface area contributed by atoms with Gasteiger partial charge in [-0.25, -0.2) is 0 Å². The molecule has 1 aliphatic rings. The molecular weight excluding hydrogens is 154 g/mol. The van der Waals surface area contributed by atoms with Crippen molar-refractivity contribution in [3.63, 3.8) is 0 Å². The van der Waals surface area contributed by atoms with Gasteiger partial charge in [-0.2, -0.15) is 0 Å². The lowest BCUT2D eigenvalue weighted by Crippen LogP contribution is -2.37. The van der Waals surface area contributed by atoms with Crippen molar-refractivity contribution in [3.05, 3.63) is 0 Å². The van der Waals surface area contributed by atoms with Gasteiger partial charge in [0.2, 0.25) is 6.41 Å². The van der Waals surface area contributed by atoms with Crippen molar-refractivity contribution in [2.24, 2.45) is 5.92 Å². The lowest BCUT2D eigenvalue weighted by atomic mass is 9.84. The molecule has 1 amide bonds. The Morgan fingerprint density at radius 1 is 1.17 bits per heavy atom. The molecule has 1 fully saturated rings. The first-order valence-electron chi connectivity index (χ1n) is 4.53. The van der Waals surface area contributed by atoms with Crippen LogP contribution in [0.1, 0.15) is 32.1 Å². The maximum atomic E-state index is 10.6. The van der Waals surface area contributed by atoms with Gasteiger partial charge in [-0.15, -0.1) is 0 Å². The van der Waals surface area contributed by atoms with Crippen molar-refractivity contribution >= 4 is 12.7 Å². The van der Waals surface area contributed by atoms with Crippen LogP contribution in [-0.2, 0) is 9.59 Å². The number of rotatable bonds is 4. The van der Waals surface area contributed by atoms with Gasteiger partial charge in [-0.05, 0) is 18.8 Å². The first-order chi connectivity index (χ1) is 5.88. The number of hydrogen-bond acceptors (Lipinski definition) is 2. The van der Waals surface area contributed by atoms with Gasteiger partial charge in [0.05, 0.1) is 6.04 Å². The van der Waals surface area contributed by atoms with Crippen LogP contribution in [0.4, 0.5) is 0 Å². The van der Waals surface area contributed by atoms with Crippen LogP contribution in [0.25, 0.3) is 0 Å². The fourth-order valence-electron chi connectivity index (χ4n) is 1.86. The number of hydrogen-bond donors (Lipinski definition) is 1. The Labute approximate surface area is 72.5 Å². The van der Waals surface area contributed by atoms with Crippen LogP contribution in [0.15, 0.2) is 0 Å². The second kappa shape index (κ2) is 4.91. The van der Waals surface area contributed by atoms with E-state index in [0.29, 0.717) is 12.3 Å². The van der Waals surface area contributed by atoms with E-state index in [1.54, 1.807) is 0 Å². The van der Waals surface area contributed by atoms with Gasteiger partial charge in [0.25, 0.3) is 0 Å². The molecule has 0 aromatic rings. The summed E-state index contributed by atoms with van der Waals surface area (Å²) in [5, 5.41) is 2.55. The standard InChI is InChI=1S/C9H15NO2/c11-6-9(10-7-12)8-4-2-1-3-5-8/h6-9H,1-5H2,(H,10,12). The Bertz CT molecular complexity index is 153. The zero-order valence-corrected chi connectivity index (χ0v) is 7.16. The Morgan fingerprint density at radius 3 is 2.33 bits per heavy atom. The highest BCUT2D eigenvalue weighted by molar-refractivity contribution is 5.63. The Kier molecular flexibility index (Phi) is 3.77. The second-order valence-electron chi connectivity index (χ2n) is 3.34. The van der Waals surface area contributed by atoms with Crippen LogP contribution in [0, 0.1) is 5.92 Å². The highest BCUT2D eigenvalue weighted by atomic mass is 16.1. The number of nitrogens with one attached hydrogen (secondary N) is 1. The third-order valence-corrected chi connectivity index (χ3v) is 2.56. The Hall–Kier alpha value is -0.860. The second-order valence-corrected chi connectivity index (χ2v) is 3.34. The summed E-state index contributed by atoms with van der Waals surface area (Å²) in [5.74, 6) is 0.376. The quantitative estimate of drug-likeness (QED) is 0.635. The number of amides is 1. The molecule has 0 spiro atoms. The molecule has 3 nitrogen and oxygen atoms in total. The van der Waals surface area contributed by atoms with Crippen LogP contribution < -0.4 is 5.32 Å². The van der Waals surface area contributed by atoms with Crippen molar-refractivity contribution in [1.29, 1.82) is 0 Å². The fourth-order valence-corrected chi connectivity index (χ4v) is 1.86. The van der Waals surface area contributed by atoms with Crippen LogP contribution in [0.3, 0.4) is 0 Å². The monoisotopic (exact) mass is 169 g/mol. The van der Waals surface area contributed by atoms with Gasteiger partial charge in [0.15, 0.2) is 0 Å². The molecule has 0 aliphatic heterocycles. The minimum Gasteiger partial charge on any atom is -0.349 e. The summed E-state index contributed by atoms with van der Waals surface area (Å²) in [6, 6.07) is -0.247. The average Bonchev–Trinajstić information content (AvgIpc) is 2.15. The molecule has 0 saturated heterocycles. The Balaban J connectivity index is 2.39. The van der Waals surface area contributed by atoms with Gasteiger partial charge >= 0.3 is 0 Å². The van der Waals surface area contributed by atoms with E-state index in [0.717, 1.165) is 19.1 Å². The number of aldehydes is 1. The normalized spacial score (nSPS) is 21.3. The molecule has 1 unspecified atom stereocenters. The van der Waals surface area contributed by atoms with Gasteiger partial charge in [-0.3, -0.25) is 4.79 Å². The number of carbonyl (C=O) groups is 2. The van der Waals surface area contributed by atoms with Crippen LogP contribution in [0.2, 0.25) is 0 Å². The molecule has 0 heterocycles. The number of carbonyl (C=O) groups excluding carboxylic acids is 2. The van der Waals surface area contributed by atoms with E-state index in [2.05, 4.69) is 5.32 Å². The zero-order chi connectivity index (χ0) is 8.81. The summed E-state index contributed by atoms with van der Waals surface area (Å²) in [5.41, 5.74) is 0. The van der Waals surface area contributed by atoms with Gasteiger partial charge in [0, 0.05) is 0 Å². The molecule has 1 aliphatic carbocycles. The van der Waals surface area contributed by atoms with Gasteiger partial charge in [0.1, 0.15) is 6.29 Å². The van der Waals surface area contributed by atoms with Crippen molar-refractivity contribution < 1.29 is 9.59 Å². The third kappa shape index (κ3) is 2.32. The van der Waals surface area contributed by atoms with Crippen LogP contribution in [-0.4, -0.2) is 18.7 Å². The highest BCUT2D eigenvalue weighted by Gasteiger charge is 2.22. The molecule has 1 N–H and O–H groups in total. The molecule has 0 bridgehead atoms. The molecule has 0 aromatic carbocycles. The van der Waals surface area contributed by atoms with Crippen LogP contribution >= 0.6 is 0 Å². The summed E-state index contributed by atoms with van der Waals surface area (Å²) in [6.07, 6.45) is 7.26. The van der Waals surface area contributed by atoms with Crippen molar-refractivity contribution in [2.45, 2.75) is 38.1 Å². The fraction of sp³-hybridized carbons (Fsp3) is 0.778. The maximum absolute atomic E-state index is 10.6.